The minimum Gasteiger partial charge on any atom is -0.494 e. The van der Waals surface area contributed by atoms with Gasteiger partial charge in [0, 0.05) is 20.6 Å². The quantitative estimate of drug-likeness (QED) is 0.522. The van der Waals surface area contributed by atoms with E-state index in [2.05, 4.69) is 5.32 Å². The molecule has 0 radical (unpaired) electrons. The van der Waals surface area contributed by atoms with Crippen LogP contribution in [0.25, 0.3) is 0 Å². The fourth-order valence-electron chi connectivity index (χ4n) is 2.94. The Hall–Kier alpha value is -2.62. The van der Waals surface area contributed by atoms with Crippen LogP contribution in [0.3, 0.4) is 0 Å². The Morgan fingerprint density at radius 1 is 1.12 bits per heavy atom. The summed E-state index contributed by atoms with van der Waals surface area (Å²) in [5.41, 5.74) is 0.870. The Kier molecular flexibility index (Phi) is 9.06. The van der Waals surface area contributed by atoms with E-state index in [1.807, 2.05) is 31.2 Å². The number of methoxy groups -OCH3 is 1. The largest absolute Gasteiger partial charge is 0.494 e. The van der Waals surface area contributed by atoms with Crippen LogP contribution in [0.4, 0.5) is 0 Å². The van der Waals surface area contributed by atoms with E-state index in [-0.39, 0.29) is 22.0 Å². The highest BCUT2D eigenvalue weighted by Gasteiger charge is 2.24. The maximum atomic E-state index is 12.7. The molecule has 0 aliphatic rings. The van der Waals surface area contributed by atoms with Crippen LogP contribution in [0.1, 0.15) is 22.8 Å². The van der Waals surface area contributed by atoms with Gasteiger partial charge in [-0.15, -0.1) is 0 Å². The Bertz CT molecular complexity index is 1050. The highest BCUT2D eigenvalue weighted by molar-refractivity contribution is 7.89. The van der Waals surface area contributed by atoms with E-state index < -0.39 is 27.8 Å². The average molecular weight is 483 g/mol. The normalized spacial score (nSPS) is 12.3. The predicted octanol–water partition coefficient (Wildman–Crippen LogP) is 2.75. The van der Waals surface area contributed by atoms with Crippen LogP contribution < -0.4 is 10.1 Å². The molecule has 0 aliphatic carbocycles. The Balaban J connectivity index is 2.16. The first-order chi connectivity index (χ1) is 15.1. The van der Waals surface area contributed by atoms with E-state index in [9.17, 15) is 18.0 Å². The fourth-order valence-corrected chi connectivity index (χ4v) is 4.07. The van der Waals surface area contributed by atoms with Gasteiger partial charge >= 0.3 is 5.97 Å². The highest BCUT2D eigenvalue weighted by Crippen LogP contribution is 2.22. The van der Waals surface area contributed by atoms with Crippen molar-refractivity contribution in [3.63, 3.8) is 0 Å². The van der Waals surface area contributed by atoms with Crippen LogP contribution in [0.2, 0.25) is 5.02 Å². The van der Waals surface area contributed by atoms with Crippen LogP contribution in [-0.4, -0.2) is 59.0 Å². The van der Waals surface area contributed by atoms with Gasteiger partial charge in [-0.1, -0.05) is 23.7 Å². The SMILES string of the molecule is CCOc1ccc(C[C@@H](CNC(=O)c2cc(S(=O)(=O)N(C)C)ccc2Cl)C(=O)OC)cc1. The number of carbonyl (C=O) groups is 2. The van der Waals surface area contributed by atoms with Crippen molar-refractivity contribution >= 4 is 33.5 Å². The van der Waals surface area contributed by atoms with E-state index >= 15 is 0 Å². The lowest BCUT2D eigenvalue weighted by molar-refractivity contribution is -0.145. The number of amides is 1. The summed E-state index contributed by atoms with van der Waals surface area (Å²) < 4.78 is 36.1. The second-order valence-corrected chi connectivity index (χ2v) is 9.70. The number of ether oxygens (including phenoxy) is 2. The molecular weight excluding hydrogens is 456 g/mol. The molecule has 1 atom stereocenters. The number of nitrogens with one attached hydrogen (secondary N) is 1. The van der Waals surface area contributed by atoms with E-state index in [0.29, 0.717) is 13.0 Å². The van der Waals surface area contributed by atoms with Crippen molar-refractivity contribution in [2.45, 2.75) is 18.2 Å². The maximum absolute atomic E-state index is 12.7. The van der Waals surface area contributed by atoms with Crippen molar-refractivity contribution in [1.82, 2.24) is 9.62 Å². The zero-order valence-corrected chi connectivity index (χ0v) is 20.0. The smallest absolute Gasteiger partial charge is 0.310 e. The lowest BCUT2D eigenvalue weighted by Crippen LogP contribution is -2.35. The molecule has 0 saturated carbocycles. The Morgan fingerprint density at radius 3 is 2.34 bits per heavy atom. The van der Waals surface area contributed by atoms with Crippen molar-refractivity contribution < 1.29 is 27.5 Å². The summed E-state index contributed by atoms with van der Waals surface area (Å²) in [6, 6.07) is 11.2. The number of nitrogens with zero attached hydrogens (tertiary/aromatic N) is 1. The van der Waals surface area contributed by atoms with Crippen molar-refractivity contribution in [2.75, 3.05) is 34.4 Å². The maximum Gasteiger partial charge on any atom is 0.310 e. The van der Waals surface area contributed by atoms with Crippen LogP contribution in [-0.2, 0) is 26.0 Å². The van der Waals surface area contributed by atoms with Gasteiger partial charge in [0.1, 0.15) is 5.75 Å². The number of esters is 1. The minimum absolute atomic E-state index is 0.000671. The average Bonchev–Trinajstić information content (AvgIpc) is 2.77. The minimum atomic E-state index is -3.74. The van der Waals surface area contributed by atoms with Crippen LogP contribution in [0.15, 0.2) is 47.4 Å². The van der Waals surface area contributed by atoms with E-state index in [0.717, 1.165) is 15.6 Å². The summed E-state index contributed by atoms with van der Waals surface area (Å²) in [6.45, 7) is 2.43. The molecule has 174 valence electrons. The van der Waals surface area contributed by atoms with Gasteiger partial charge < -0.3 is 14.8 Å². The van der Waals surface area contributed by atoms with Gasteiger partial charge in [-0.05, 0) is 49.2 Å². The van der Waals surface area contributed by atoms with Gasteiger partial charge in [0.25, 0.3) is 5.91 Å². The molecule has 2 rings (SSSR count). The molecule has 0 spiro atoms. The zero-order valence-electron chi connectivity index (χ0n) is 18.4. The molecule has 8 nitrogen and oxygen atoms in total. The monoisotopic (exact) mass is 482 g/mol. The van der Waals surface area contributed by atoms with Gasteiger partial charge in [-0.3, -0.25) is 9.59 Å². The molecule has 1 amide bonds. The number of sulfonamides is 1. The molecule has 0 fully saturated rings. The molecule has 1 N–H and O–H groups in total. The first-order valence-corrected chi connectivity index (χ1v) is 11.7. The molecule has 2 aromatic rings. The molecule has 0 aliphatic heterocycles. The van der Waals surface area contributed by atoms with Crippen molar-refractivity contribution in [3.05, 3.63) is 58.6 Å². The topological polar surface area (TPSA) is 102 Å². The molecule has 0 saturated heterocycles. The Labute approximate surface area is 193 Å². The lowest BCUT2D eigenvalue weighted by atomic mass is 9.99. The van der Waals surface area contributed by atoms with Crippen LogP contribution in [0.5, 0.6) is 5.75 Å². The number of hydrogen-bond acceptors (Lipinski definition) is 6. The molecule has 0 bridgehead atoms. The Morgan fingerprint density at radius 2 is 1.78 bits per heavy atom. The molecule has 2 aromatic carbocycles. The van der Waals surface area contributed by atoms with E-state index in [1.54, 1.807) is 0 Å². The summed E-state index contributed by atoms with van der Waals surface area (Å²) in [6.07, 6.45) is 0.335. The van der Waals surface area contributed by atoms with Gasteiger partial charge in [0.15, 0.2) is 0 Å². The van der Waals surface area contributed by atoms with Crippen molar-refractivity contribution in [2.24, 2.45) is 5.92 Å². The highest BCUT2D eigenvalue weighted by atomic mass is 35.5. The number of halogens is 1. The second-order valence-electron chi connectivity index (χ2n) is 7.14. The molecule has 0 unspecified atom stereocenters. The van der Waals surface area contributed by atoms with Crippen molar-refractivity contribution in [1.29, 1.82) is 0 Å². The lowest BCUT2D eigenvalue weighted by Gasteiger charge is -2.17. The number of hydrogen-bond donors (Lipinski definition) is 1. The number of carbonyl (C=O) groups excluding carboxylic acids is 2. The van der Waals surface area contributed by atoms with Gasteiger partial charge in [-0.25, -0.2) is 12.7 Å². The second kappa shape index (κ2) is 11.3. The third-order valence-corrected chi connectivity index (χ3v) is 6.86. The summed E-state index contributed by atoms with van der Waals surface area (Å²) in [7, 11) is 0.332. The molecular formula is C22H27ClN2O6S. The number of rotatable bonds is 10. The summed E-state index contributed by atoms with van der Waals surface area (Å²) in [4.78, 5) is 24.9. The van der Waals surface area contributed by atoms with Crippen LogP contribution in [0, 0.1) is 5.92 Å². The summed E-state index contributed by atoms with van der Waals surface area (Å²) >= 11 is 6.12. The third kappa shape index (κ3) is 6.44. The molecule has 0 aromatic heterocycles. The van der Waals surface area contributed by atoms with E-state index in [1.165, 1.54) is 39.4 Å². The molecule has 10 heteroatoms. The summed E-state index contributed by atoms with van der Waals surface area (Å²) in [5, 5.41) is 2.76. The fraction of sp³-hybridized carbons (Fsp3) is 0.364. The van der Waals surface area contributed by atoms with Crippen molar-refractivity contribution in [3.8, 4) is 5.75 Å². The predicted molar refractivity (Wildman–Crippen MR) is 121 cm³/mol. The van der Waals surface area contributed by atoms with E-state index in [4.69, 9.17) is 21.1 Å². The standard InChI is InChI=1S/C22H27ClN2O6S/c1-5-31-17-8-6-15(7-9-17)12-16(22(27)30-4)14-24-21(26)19-13-18(10-11-20(19)23)32(28,29)25(2)3/h6-11,13,16H,5,12,14H2,1-4H3,(H,24,26)/t16-/m0/s1. The molecule has 0 heterocycles. The van der Waals surface area contributed by atoms with Gasteiger partial charge in [0.2, 0.25) is 10.0 Å². The molecule has 32 heavy (non-hydrogen) atoms. The summed E-state index contributed by atoms with van der Waals surface area (Å²) in [5.74, 6) is -0.989. The van der Waals surface area contributed by atoms with Gasteiger partial charge in [-0.2, -0.15) is 0 Å². The van der Waals surface area contributed by atoms with Crippen LogP contribution >= 0.6 is 11.6 Å². The third-order valence-electron chi connectivity index (χ3n) is 4.72. The number of benzene rings is 2. The first-order valence-electron chi connectivity index (χ1n) is 9.90. The zero-order chi connectivity index (χ0) is 23.9. The van der Waals surface area contributed by atoms with Gasteiger partial charge in [0.05, 0.1) is 35.1 Å². The first kappa shape index (κ1) is 25.6.